The molecule has 2 fully saturated rings. The van der Waals surface area contributed by atoms with Crippen molar-refractivity contribution in [2.45, 2.75) is 63.5 Å². The average Bonchev–Trinajstić information content (AvgIpc) is 2.93. The van der Waals surface area contributed by atoms with Crippen molar-refractivity contribution < 1.29 is 36.3 Å². The van der Waals surface area contributed by atoms with E-state index >= 15 is 0 Å². The number of nitrogens with one attached hydrogen (secondary N) is 1. The van der Waals surface area contributed by atoms with Crippen molar-refractivity contribution >= 4 is 11.7 Å². The largest absolute Gasteiger partial charge is 0.461 e. The van der Waals surface area contributed by atoms with Gasteiger partial charge < -0.3 is 15.0 Å². The molecule has 0 atom stereocenters. The summed E-state index contributed by atoms with van der Waals surface area (Å²) in [7, 11) is 0. The molecule has 1 aliphatic heterocycles. The lowest BCUT2D eigenvalue weighted by molar-refractivity contribution is -0.253. The van der Waals surface area contributed by atoms with E-state index in [0.717, 1.165) is 76.7 Å². The Kier molecular flexibility index (Phi) is 9.58. The Labute approximate surface area is 224 Å². The molecule has 1 N–H and O–H groups in total. The molecule has 0 unspecified atom stereocenters. The average molecular weight is 553 g/mol. The Hall–Kier alpha value is -3.01. The smallest absolute Gasteiger partial charge is 0.428 e. The van der Waals surface area contributed by atoms with E-state index in [4.69, 9.17) is 0 Å². The first-order valence-corrected chi connectivity index (χ1v) is 13.4. The number of alkyl halides is 4. The second-order valence-electron chi connectivity index (χ2n) is 10.5. The molecule has 0 aromatic heterocycles. The van der Waals surface area contributed by atoms with E-state index in [-0.39, 0.29) is 35.0 Å². The molecule has 0 spiro atoms. The van der Waals surface area contributed by atoms with Gasteiger partial charge in [0.15, 0.2) is 5.78 Å². The molecule has 2 aliphatic rings. The molecule has 1 saturated carbocycles. The SMILES string of the molecule is O=C(NC1CCC(CCN2CCC(C(=O)c3ccc(F)cc3)CC2)CC1)c1ccc(OC(F)(F)C(F)F)cc1. The standard InChI is InChI=1S/C29H33F5N2O3/c30-23-7-3-20(4-8-23)26(37)21-14-17-36(18-15-21)16-13-19-1-9-24(10-2-19)35-27(38)22-5-11-25(12-6-22)39-29(33,34)28(31)32/h3-8,11-12,19,21,24,28H,1-2,9-10,13-18H2,(H,35,38). The van der Waals surface area contributed by atoms with Crippen LogP contribution in [-0.4, -0.2) is 54.8 Å². The minimum absolute atomic E-state index is 0.0149. The number of likely N-dealkylation sites (tertiary alicyclic amines) is 1. The number of carbonyl (C=O) groups excluding carboxylic acids is 2. The van der Waals surface area contributed by atoms with Gasteiger partial charge in [0.05, 0.1) is 0 Å². The van der Waals surface area contributed by atoms with Gasteiger partial charge in [-0.05, 0) is 119 Å². The Bertz CT molecular complexity index is 1090. The van der Waals surface area contributed by atoms with E-state index in [0.29, 0.717) is 11.5 Å². The first-order valence-electron chi connectivity index (χ1n) is 13.4. The van der Waals surface area contributed by atoms with Crippen molar-refractivity contribution in [1.29, 1.82) is 0 Å². The highest BCUT2D eigenvalue weighted by molar-refractivity contribution is 5.97. The molecule has 5 nitrogen and oxygen atoms in total. The summed E-state index contributed by atoms with van der Waals surface area (Å²) in [6.07, 6.45) is -2.23. The molecule has 1 amide bonds. The van der Waals surface area contributed by atoms with Crippen molar-refractivity contribution in [2.24, 2.45) is 11.8 Å². The molecule has 39 heavy (non-hydrogen) atoms. The predicted molar refractivity (Wildman–Crippen MR) is 136 cm³/mol. The maximum atomic E-state index is 13.1. The summed E-state index contributed by atoms with van der Waals surface area (Å²) in [6, 6.07) is 10.5. The van der Waals surface area contributed by atoms with E-state index in [2.05, 4.69) is 15.0 Å². The number of hydrogen-bond acceptors (Lipinski definition) is 4. The number of benzene rings is 2. The van der Waals surface area contributed by atoms with Crippen molar-refractivity contribution in [2.75, 3.05) is 19.6 Å². The summed E-state index contributed by atoms with van der Waals surface area (Å²) < 4.78 is 67.8. The third kappa shape index (κ3) is 8.00. The number of amides is 1. The van der Waals surface area contributed by atoms with Crippen LogP contribution in [0.5, 0.6) is 5.75 Å². The molecular formula is C29H33F5N2O3. The predicted octanol–water partition coefficient (Wildman–Crippen LogP) is 6.34. The maximum absolute atomic E-state index is 13.1. The number of rotatable bonds is 10. The number of Topliss-reactive ketones (excluding diaryl/α,β-unsaturated/α-hetero) is 1. The zero-order chi connectivity index (χ0) is 28.0. The van der Waals surface area contributed by atoms with Crippen LogP contribution in [0.4, 0.5) is 22.0 Å². The van der Waals surface area contributed by atoms with Crippen molar-refractivity contribution in [3.05, 3.63) is 65.5 Å². The van der Waals surface area contributed by atoms with Gasteiger partial charge in [-0.2, -0.15) is 17.6 Å². The number of ether oxygens (including phenoxy) is 1. The van der Waals surface area contributed by atoms with Gasteiger partial charge in [0, 0.05) is 23.1 Å². The van der Waals surface area contributed by atoms with Crippen LogP contribution in [0.25, 0.3) is 0 Å². The minimum atomic E-state index is -4.59. The number of carbonyl (C=O) groups is 2. The molecule has 1 heterocycles. The summed E-state index contributed by atoms with van der Waals surface area (Å²) in [5.74, 6) is -0.503. The normalized spacial score (nSPS) is 21.1. The van der Waals surface area contributed by atoms with Crippen LogP contribution in [0.3, 0.4) is 0 Å². The van der Waals surface area contributed by atoms with Crippen LogP contribution in [0, 0.1) is 17.7 Å². The number of halogens is 5. The molecule has 212 valence electrons. The third-order valence-corrected chi connectivity index (χ3v) is 7.75. The highest BCUT2D eigenvalue weighted by Crippen LogP contribution is 2.30. The molecule has 2 aromatic rings. The van der Waals surface area contributed by atoms with Gasteiger partial charge in [0.25, 0.3) is 5.91 Å². The van der Waals surface area contributed by atoms with E-state index in [1.807, 2.05) is 0 Å². The van der Waals surface area contributed by atoms with Gasteiger partial charge in [-0.3, -0.25) is 9.59 Å². The van der Waals surface area contributed by atoms with Crippen LogP contribution in [0.1, 0.15) is 65.7 Å². The second kappa shape index (κ2) is 12.9. The van der Waals surface area contributed by atoms with Crippen LogP contribution in [0.15, 0.2) is 48.5 Å². The number of ketones is 1. The molecule has 1 saturated heterocycles. The summed E-state index contributed by atoms with van der Waals surface area (Å²) in [6.45, 7) is 2.71. The quantitative estimate of drug-likeness (QED) is 0.276. The fraction of sp³-hybridized carbons (Fsp3) is 0.517. The first kappa shape index (κ1) is 29.0. The third-order valence-electron chi connectivity index (χ3n) is 7.75. The number of piperidine rings is 1. The van der Waals surface area contributed by atoms with E-state index in [9.17, 15) is 31.5 Å². The number of hydrogen-bond donors (Lipinski definition) is 1. The molecule has 1 aliphatic carbocycles. The first-order chi connectivity index (χ1) is 18.6. The van der Waals surface area contributed by atoms with Crippen LogP contribution >= 0.6 is 0 Å². The van der Waals surface area contributed by atoms with E-state index in [1.165, 1.54) is 24.3 Å². The van der Waals surface area contributed by atoms with Gasteiger partial charge in [-0.25, -0.2) is 4.39 Å². The fourth-order valence-electron chi connectivity index (χ4n) is 5.37. The molecule has 4 rings (SSSR count). The summed E-state index contributed by atoms with van der Waals surface area (Å²) in [5.41, 5.74) is 0.811. The van der Waals surface area contributed by atoms with Crippen LogP contribution in [0.2, 0.25) is 0 Å². The monoisotopic (exact) mass is 552 g/mol. The summed E-state index contributed by atoms with van der Waals surface area (Å²) >= 11 is 0. The molecule has 2 aromatic carbocycles. The van der Waals surface area contributed by atoms with Gasteiger partial charge >= 0.3 is 12.5 Å². The van der Waals surface area contributed by atoms with Crippen LogP contribution < -0.4 is 10.1 Å². The maximum Gasteiger partial charge on any atom is 0.461 e. The topological polar surface area (TPSA) is 58.6 Å². The molecule has 0 bridgehead atoms. The Morgan fingerprint density at radius 3 is 2.08 bits per heavy atom. The lowest BCUT2D eigenvalue weighted by atomic mass is 9.83. The lowest BCUT2D eigenvalue weighted by Crippen LogP contribution is -2.39. The minimum Gasteiger partial charge on any atom is -0.428 e. The Morgan fingerprint density at radius 1 is 0.897 bits per heavy atom. The Balaban J connectivity index is 1.13. The molecule has 0 radical (unpaired) electrons. The summed E-state index contributed by atoms with van der Waals surface area (Å²) in [4.78, 5) is 27.6. The van der Waals surface area contributed by atoms with Crippen molar-refractivity contribution in [3.63, 3.8) is 0 Å². The highest BCUT2D eigenvalue weighted by atomic mass is 19.3. The van der Waals surface area contributed by atoms with E-state index in [1.54, 1.807) is 12.1 Å². The van der Waals surface area contributed by atoms with Crippen molar-refractivity contribution in [1.82, 2.24) is 10.2 Å². The summed E-state index contributed by atoms with van der Waals surface area (Å²) in [5, 5.41) is 2.97. The zero-order valence-corrected chi connectivity index (χ0v) is 21.6. The van der Waals surface area contributed by atoms with E-state index < -0.39 is 18.3 Å². The molecular weight excluding hydrogens is 519 g/mol. The Morgan fingerprint density at radius 2 is 1.49 bits per heavy atom. The van der Waals surface area contributed by atoms with Crippen molar-refractivity contribution in [3.8, 4) is 5.75 Å². The van der Waals surface area contributed by atoms with Gasteiger partial charge in [0.2, 0.25) is 0 Å². The fourth-order valence-corrected chi connectivity index (χ4v) is 5.37. The lowest BCUT2D eigenvalue weighted by Gasteiger charge is -2.34. The van der Waals surface area contributed by atoms with Gasteiger partial charge in [0.1, 0.15) is 11.6 Å². The number of nitrogens with zero attached hydrogens (tertiary/aromatic N) is 1. The molecule has 10 heteroatoms. The van der Waals surface area contributed by atoms with Gasteiger partial charge in [-0.1, -0.05) is 0 Å². The highest BCUT2D eigenvalue weighted by Gasteiger charge is 2.44. The zero-order valence-electron chi connectivity index (χ0n) is 21.6. The second-order valence-corrected chi connectivity index (χ2v) is 10.5. The van der Waals surface area contributed by atoms with Crippen LogP contribution in [-0.2, 0) is 0 Å². The van der Waals surface area contributed by atoms with Gasteiger partial charge in [-0.15, -0.1) is 0 Å².